The zero-order chi connectivity index (χ0) is 18.5. The van der Waals surface area contributed by atoms with Crippen LogP contribution in [-0.4, -0.2) is 51.2 Å². The summed E-state index contributed by atoms with van der Waals surface area (Å²) in [5.74, 6) is 1.07. The van der Waals surface area contributed by atoms with Crippen molar-refractivity contribution in [2.75, 3.05) is 19.0 Å². The van der Waals surface area contributed by atoms with Gasteiger partial charge in [0.2, 0.25) is 5.95 Å². The van der Waals surface area contributed by atoms with Gasteiger partial charge in [-0.25, -0.2) is 0 Å². The number of H-pyrrole nitrogens is 1. The topological polar surface area (TPSA) is 99.7 Å². The number of aromatic amines is 1. The Balaban J connectivity index is 1.69. The minimum atomic E-state index is -0.143. The molecule has 8 nitrogen and oxygen atoms in total. The molecular weight excluding hydrogens is 330 g/mol. The van der Waals surface area contributed by atoms with E-state index < -0.39 is 0 Å². The third kappa shape index (κ3) is 4.21. The number of rotatable bonds is 6. The van der Waals surface area contributed by atoms with E-state index in [0.717, 1.165) is 11.3 Å². The normalized spacial score (nSPS) is 11.8. The summed E-state index contributed by atoms with van der Waals surface area (Å²) in [5, 5.41) is 10.0. The predicted octanol–water partition coefficient (Wildman–Crippen LogP) is 1.69. The Hall–Kier alpha value is -3.29. The van der Waals surface area contributed by atoms with Gasteiger partial charge in [-0.05, 0) is 19.1 Å². The molecule has 0 spiro atoms. The number of hydrogen-bond donors (Lipinski definition) is 2. The molecule has 1 aromatic carbocycles. The van der Waals surface area contributed by atoms with E-state index in [1.807, 2.05) is 38.1 Å². The number of amides is 1. The lowest BCUT2D eigenvalue weighted by Crippen LogP contribution is -2.34. The molecule has 0 unspecified atom stereocenters. The summed E-state index contributed by atoms with van der Waals surface area (Å²) in [4.78, 5) is 27.0. The molecule has 134 valence electrons. The number of nitrogens with zero attached hydrogens (tertiary/aromatic N) is 5. The predicted molar refractivity (Wildman–Crippen MR) is 98.8 cm³/mol. The first-order chi connectivity index (χ1) is 12.5. The quantitative estimate of drug-likeness (QED) is 0.701. The van der Waals surface area contributed by atoms with Gasteiger partial charge >= 0.3 is 0 Å². The molecule has 8 heteroatoms. The fourth-order valence-electron chi connectivity index (χ4n) is 2.50. The van der Waals surface area contributed by atoms with Gasteiger partial charge in [0.15, 0.2) is 5.82 Å². The van der Waals surface area contributed by atoms with Crippen LogP contribution in [0.15, 0.2) is 42.9 Å². The van der Waals surface area contributed by atoms with Crippen LogP contribution in [0.4, 0.5) is 5.95 Å². The standard InChI is InChI=1S/C18H21N7O/c1-12(9-15-11-19-7-8-20-15)21-17(26)14-6-4-5-13(10-14)16-22-18(24-23-16)25(2)3/h4-8,10-12H,9H2,1-3H3,(H,21,26)(H,22,23,24)/t12-/m0/s1. The van der Waals surface area contributed by atoms with Crippen molar-refractivity contribution >= 4 is 11.9 Å². The smallest absolute Gasteiger partial charge is 0.251 e. The molecule has 0 aliphatic carbocycles. The number of benzene rings is 1. The molecule has 0 aliphatic heterocycles. The van der Waals surface area contributed by atoms with Crippen molar-refractivity contribution in [2.45, 2.75) is 19.4 Å². The first-order valence-corrected chi connectivity index (χ1v) is 8.29. The fourth-order valence-corrected chi connectivity index (χ4v) is 2.50. The molecule has 2 N–H and O–H groups in total. The molecule has 0 saturated heterocycles. The summed E-state index contributed by atoms with van der Waals surface area (Å²) in [6.07, 6.45) is 5.60. The summed E-state index contributed by atoms with van der Waals surface area (Å²) in [5.41, 5.74) is 2.21. The number of anilines is 1. The Morgan fingerprint density at radius 3 is 2.85 bits per heavy atom. The molecule has 26 heavy (non-hydrogen) atoms. The van der Waals surface area contributed by atoms with Crippen molar-refractivity contribution in [3.63, 3.8) is 0 Å². The van der Waals surface area contributed by atoms with Crippen LogP contribution < -0.4 is 10.2 Å². The van der Waals surface area contributed by atoms with Crippen LogP contribution in [0.2, 0.25) is 0 Å². The third-order valence-corrected chi connectivity index (χ3v) is 3.78. The van der Waals surface area contributed by atoms with E-state index in [2.05, 4.69) is 30.5 Å². The lowest BCUT2D eigenvalue weighted by Gasteiger charge is -2.13. The first kappa shape index (κ1) is 17.5. The highest BCUT2D eigenvalue weighted by Gasteiger charge is 2.13. The average Bonchev–Trinajstić information content (AvgIpc) is 3.13. The summed E-state index contributed by atoms with van der Waals surface area (Å²) < 4.78 is 0. The van der Waals surface area contributed by atoms with Crippen LogP contribution in [0.5, 0.6) is 0 Å². The van der Waals surface area contributed by atoms with Gasteiger partial charge in [0.25, 0.3) is 5.91 Å². The van der Waals surface area contributed by atoms with E-state index in [1.165, 1.54) is 0 Å². The van der Waals surface area contributed by atoms with Crippen LogP contribution in [0.1, 0.15) is 23.0 Å². The highest BCUT2D eigenvalue weighted by Crippen LogP contribution is 2.18. The molecule has 0 aliphatic rings. The summed E-state index contributed by atoms with van der Waals surface area (Å²) >= 11 is 0. The molecule has 0 fully saturated rings. The maximum Gasteiger partial charge on any atom is 0.251 e. The number of carbonyl (C=O) groups excluding carboxylic acids is 1. The van der Waals surface area contributed by atoms with Crippen LogP contribution in [0, 0.1) is 0 Å². The van der Waals surface area contributed by atoms with Crippen LogP contribution in [0.3, 0.4) is 0 Å². The fraction of sp³-hybridized carbons (Fsp3) is 0.278. The Morgan fingerprint density at radius 2 is 2.15 bits per heavy atom. The van der Waals surface area contributed by atoms with Crippen molar-refractivity contribution in [2.24, 2.45) is 0 Å². The van der Waals surface area contributed by atoms with E-state index in [0.29, 0.717) is 23.8 Å². The number of carbonyl (C=O) groups is 1. The Bertz CT molecular complexity index is 876. The number of nitrogens with one attached hydrogen (secondary N) is 2. The summed E-state index contributed by atoms with van der Waals surface area (Å²) in [6, 6.07) is 7.23. The summed E-state index contributed by atoms with van der Waals surface area (Å²) in [6.45, 7) is 1.94. The molecule has 1 atom stereocenters. The van der Waals surface area contributed by atoms with E-state index in [-0.39, 0.29) is 11.9 Å². The SMILES string of the molecule is C[C@@H](Cc1cnccn1)NC(=O)c1cccc(-c2nc(N(C)C)n[nH]2)c1. The maximum atomic E-state index is 12.5. The van der Waals surface area contributed by atoms with Crippen molar-refractivity contribution in [3.05, 3.63) is 54.1 Å². The Kier molecular flexibility index (Phi) is 5.21. The Labute approximate surface area is 151 Å². The van der Waals surface area contributed by atoms with Gasteiger partial charge in [0, 0.05) is 56.3 Å². The van der Waals surface area contributed by atoms with Crippen molar-refractivity contribution in [1.29, 1.82) is 0 Å². The zero-order valence-corrected chi connectivity index (χ0v) is 15.0. The first-order valence-electron chi connectivity index (χ1n) is 8.29. The molecule has 0 saturated carbocycles. The molecular formula is C18H21N7O. The lowest BCUT2D eigenvalue weighted by molar-refractivity contribution is 0.0940. The van der Waals surface area contributed by atoms with Gasteiger partial charge in [-0.3, -0.25) is 19.9 Å². The van der Waals surface area contributed by atoms with Crippen LogP contribution in [-0.2, 0) is 6.42 Å². The van der Waals surface area contributed by atoms with Crippen molar-refractivity contribution in [1.82, 2.24) is 30.5 Å². The van der Waals surface area contributed by atoms with Crippen molar-refractivity contribution in [3.8, 4) is 11.4 Å². The van der Waals surface area contributed by atoms with Gasteiger partial charge < -0.3 is 10.2 Å². The molecule has 2 aromatic heterocycles. The third-order valence-electron chi connectivity index (χ3n) is 3.78. The van der Waals surface area contributed by atoms with Gasteiger partial charge in [-0.15, -0.1) is 5.10 Å². The molecule has 0 bridgehead atoms. The van der Waals surface area contributed by atoms with E-state index in [9.17, 15) is 4.79 Å². The molecule has 3 aromatic rings. The van der Waals surface area contributed by atoms with E-state index in [1.54, 1.807) is 30.7 Å². The number of aromatic nitrogens is 5. The summed E-state index contributed by atoms with van der Waals surface area (Å²) in [7, 11) is 3.74. The monoisotopic (exact) mass is 351 g/mol. The zero-order valence-electron chi connectivity index (χ0n) is 15.0. The second kappa shape index (κ2) is 7.73. The highest BCUT2D eigenvalue weighted by molar-refractivity contribution is 5.95. The molecule has 0 radical (unpaired) electrons. The van der Waals surface area contributed by atoms with Gasteiger partial charge in [-0.1, -0.05) is 12.1 Å². The largest absolute Gasteiger partial charge is 0.349 e. The van der Waals surface area contributed by atoms with Crippen molar-refractivity contribution < 1.29 is 4.79 Å². The van der Waals surface area contributed by atoms with Gasteiger partial charge in [-0.2, -0.15) is 4.98 Å². The highest BCUT2D eigenvalue weighted by atomic mass is 16.1. The van der Waals surface area contributed by atoms with Gasteiger partial charge in [0.05, 0.1) is 5.69 Å². The molecule has 3 rings (SSSR count). The second-order valence-corrected chi connectivity index (χ2v) is 6.23. The van der Waals surface area contributed by atoms with E-state index >= 15 is 0 Å². The minimum Gasteiger partial charge on any atom is -0.349 e. The molecule has 1 amide bonds. The molecule has 2 heterocycles. The van der Waals surface area contributed by atoms with Crippen LogP contribution >= 0.6 is 0 Å². The lowest BCUT2D eigenvalue weighted by atomic mass is 10.1. The second-order valence-electron chi connectivity index (χ2n) is 6.23. The Morgan fingerprint density at radius 1 is 1.31 bits per heavy atom. The van der Waals surface area contributed by atoms with Gasteiger partial charge in [0.1, 0.15) is 0 Å². The van der Waals surface area contributed by atoms with E-state index in [4.69, 9.17) is 0 Å². The minimum absolute atomic E-state index is 0.0616. The maximum absolute atomic E-state index is 12.5. The number of hydrogen-bond acceptors (Lipinski definition) is 6. The van der Waals surface area contributed by atoms with Crippen LogP contribution in [0.25, 0.3) is 11.4 Å². The average molecular weight is 351 g/mol.